The summed E-state index contributed by atoms with van der Waals surface area (Å²) in [6.07, 6.45) is 0. The summed E-state index contributed by atoms with van der Waals surface area (Å²) in [6, 6.07) is 7.68. The molecular weight excluding hydrogens is 353 g/mol. The number of carbonyl (C=O) groups is 1. The van der Waals surface area contributed by atoms with Crippen molar-refractivity contribution in [3.63, 3.8) is 0 Å². The maximum atomic E-state index is 11.3. The lowest BCUT2D eigenvalue weighted by molar-refractivity contribution is -0.936. The number of hydrogen-bond acceptors (Lipinski definition) is 2. The maximum absolute atomic E-state index is 11.3. The van der Waals surface area contributed by atoms with Crippen LogP contribution in [-0.2, 0) is 6.54 Å². The number of halogens is 1. The van der Waals surface area contributed by atoms with E-state index in [1.165, 1.54) is 5.56 Å². The number of hydrogen-bond donors (Lipinski definition) is 2. The molecule has 1 amide bonds. The Balaban J connectivity index is 0.00000324. The van der Waals surface area contributed by atoms with Gasteiger partial charge in [0.05, 0.1) is 19.6 Å². The minimum atomic E-state index is -0.247. The Morgan fingerprint density at radius 1 is 1.11 bits per heavy atom. The molecular formula is C14H24IN3O. The summed E-state index contributed by atoms with van der Waals surface area (Å²) in [5, 5.41) is 0. The smallest absolute Gasteiger partial charge is 0.265 e. The van der Waals surface area contributed by atoms with Crippen molar-refractivity contribution in [2.75, 3.05) is 19.6 Å². The van der Waals surface area contributed by atoms with E-state index in [2.05, 4.69) is 26.2 Å². The van der Waals surface area contributed by atoms with Crippen LogP contribution in [0.2, 0.25) is 0 Å². The van der Waals surface area contributed by atoms with E-state index in [0.717, 1.165) is 30.7 Å². The molecule has 1 rings (SSSR count). The highest BCUT2D eigenvalue weighted by molar-refractivity contribution is 5.93. The summed E-state index contributed by atoms with van der Waals surface area (Å²) < 4.78 is 1.07. The lowest BCUT2D eigenvalue weighted by Gasteiger charge is -2.35. The number of nitrogens with zero attached hydrogens (tertiary/aromatic N) is 1. The van der Waals surface area contributed by atoms with Gasteiger partial charge in [-0.2, -0.15) is 0 Å². The number of nitrogens with two attached hydrogens (primary N) is 1. The van der Waals surface area contributed by atoms with Crippen LogP contribution in [0.3, 0.4) is 0 Å². The van der Waals surface area contributed by atoms with Crippen LogP contribution in [0.5, 0.6) is 0 Å². The van der Waals surface area contributed by atoms with Gasteiger partial charge < -0.3 is 28.5 Å². The molecule has 0 saturated carbocycles. The van der Waals surface area contributed by atoms with Crippen molar-refractivity contribution >= 4 is 5.91 Å². The van der Waals surface area contributed by atoms with E-state index in [1.54, 1.807) is 0 Å². The monoisotopic (exact) mass is 377 g/mol. The number of benzene rings is 1. The summed E-state index contributed by atoms with van der Waals surface area (Å²) >= 11 is 0. The molecule has 3 N–H and O–H groups in total. The van der Waals surface area contributed by atoms with Crippen LogP contribution >= 0.6 is 0 Å². The van der Waals surface area contributed by atoms with Crippen molar-refractivity contribution < 1.29 is 33.3 Å². The normalized spacial score (nSPS) is 10.7. The first kappa shape index (κ1) is 18.3. The largest absolute Gasteiger partial charge is 1.00 e. The molecule has 0 atom stereocenters. The molecule has 19 heavy (non-hydrogen) atoms. The topological polar surface area (TPSA) is 55.1 Å². The number of hydrazine groups is 1. The average molecular weight is 377 g/mol. The van der Waals surface area contributed by atoms with Gasteiger partial charge in [0.2, 0.25) is 0 Å². The molecule has 0 bridgehead atoms. The second-order valence-electron chi connectivity index (χ2n) is 4.62. The van der Waals surface area contributed by atoms with Crippen LogP contribution in [-0.4, -0.2) is 30.0 Å². The summed E-state index contributed by atoms with van der Waals surface area (Å²) in [7, 11) is 0. The zero-order valence-corrected chi connectivity index (χ0v) is 14.1. The summed E-state index contributed by atoms with van der Waals surface area (Å²) in [4.78, 5) is 11.3. The van der Waals surface area contributed by atoms with Crippen LogP contribution in [0.4, 0.5) is 0 Å². The molecule has 0 unspecified atom stereocenters. The van der Waals surface area contributed by atoms with E-state index in [0.29, 0.717) is 5.56 Å². The van der Waals surface area contributed by atoms with E-state index in [4.69, 9.17) is 5.84 Å². The first-order valence-corrected chi connectivity index (χ1v) is 6.55. The minimum absolute atomic E-state index is 0. The molecule has 108 valence electrons. The third-order valence-corrected chi connectivity index (χ3v) is 3.88. The van der Waals surface area contributed by atoms with Gasteiger partial charge in [0.25, 0.3) is 5.91 Å². The Morgan fingerprint density at radius 3 is 1.95 bits per heavy atom. The van der Waals surface area contributed by atoms with Crippen molar-refractivity contribution in [1.29, 1.82) is 0 Å². The SMILES string of the molecule is CC[N+](CC)(CC)Cc1ccc(C(=O)NN)cc1.[I-]. The summed E-state index contributed by atoms with van der Waals surface area (Å²) in [5.41, 5.74) is 4.00. The second kappa shape index (κ2) is 8.50. The molecule has 0 fully saturated rings. The molecule has 0 aliphatic carbocycles. The molecule has 0 saturated heterocycles. The summed E-state index contributed by atoms with van der Waals surface area (Å²) in [5.74, 6) is 4.86. The highest BCUT2D eigenvalue weighted by Gasteiger charge is 2.21. The van der Waals surface area contributed by atoms with Gasteiger partial charge in [0, 0.05) is 11.1 Å². The van der Waals surface area contributed by atoms with Gasteiger partial charge in [-0.3, -0.25) is 10.2 Å². The van der Waals surface area contributed by atoms with Gasteiger partial charge in [-0.15, -0.1) is 0 Å². The van der Waals surface area contributed by atoms with Gasteiger partial charge in [0.1, 0.15) is 6.54 Å². The lowest BCUT2D eigenvalue weighted by Crippen LogP contribution is -3.00. The van der Waals surface area contributed by atoms with E-state index in [1.807, 2.05) is 24.3 Å². The van der Waals surface area contributed by atoms with Crippen LogP contribution < -0.4 is 35.2 Å². The molecule has 0 radical (unpaired) electrons. The lowest BCUT2D eigenvalue weighted by atomic mass is 10.1. The number of quaternary nitrogens is 1. The van der Waals surface area contributed by atoms with Crippen LogP contribution in [0.15, 0.2) is 24.3 Å². The highest BCUT2D eigenvalue weighted by atomic mass is 127. The van der Waals surface area contributed by atoms with Crippen LogP contribution in [0.25, 0.3) is 0 Å². The average Bonchev–Trinajstić information content (AvgIpc) is 2.45. The first-order chi connectivity index (χ1) is 8.60. The van der Waals surface area contributed by atoms with Crippen molar-refractivity contribution in [2.24, 2.45) is 5.84 Å². The second-order valence-corrected chi connectivity index (χ2v) is 4.62. The fraction of sp³-hybridized carbons (Fsp3) is 0.500. The molecule has 1 aromatic carbocycles. The number of rotatable bonds is 6. The van der Waals surface area contributed by atoms with E-state index >= 15 is 0 Å². The Morgan fingerprint density at radius 2 is 1.58 bits per heavy atom. The number of nitrogen functional groups attached to an aromatic ring is 1. The molecule has 1 aromatic rings. The van der Waals surface area contributed by atoms with Gasteiger partial charge in [-0.05, 0) is 32.9 Å². The molecule has 4 nitrogen and oxygen atoms in total. The molecule has 0 aliphatic rings. The van der Waals surface area contributed by atoms with Crippen molar-refractivity contribution in [2.45, 2.75) is 27.3 Å². The van der Waals surface area contributed by atoms with Crippen LogP contribution in [0, 0.1) is 0 Å². The van der Waals surface area contributed by atoms with Gasteiger partial charge in [0.15, 0.2) is 0 Å². The fourth-order valence-corrected chi connectivity index (χ4v) is 2.24. The molecule has 0 spiro atoms. The standard InChI is InChI=1S/C14H23N3O.HI/c1-4-17(5-2,6-3)11-12-7-9-13(10-8-12)14(18)16-15;/h7-10H,4-6,11,15H2,1-3H3;1H. The minimum Gasteiger partial charge on any atom is -1.00 e. The van der Waals surface area contributed by atoms with Gasteiger partial charge >= 0.3 is 0 Å². The van der Waals surface area contributed by atoms with Crippen LogP contribution in [0.1, 0.15) is 36.7 Å². The third-order valence-electron chi connectivity index (χ3n) is 3.88. The van der Waals surface area contributed by atoms with E-state index in [9.17, 15) is 4.79 Å². The molecule has 0 aliphatic heterocycles. The van der Waals surface area contributed by atoms with Gasteiger partial charge in [-0.25, -0.2) is 5.84 Å². The van der Waals surface area contributed by atoms with Crippen molar-refractivity contribution in [3.8, 4) is 0 Å². The van der Waals surface area contributed by atoms with Crippen molar-refractivity contribution in [1.82, 2.24) is 5.43 Å². The molecule has 0 heterocycles. The first-order valence-electron chi connectivity index (χ1n) is 6.55. The Bertz CT molecular complexity index is 380. The highest BCUT2D eigenvalue weighted by Crippen LogP contribution is 2.14. The predicted molar refractivity (Wildman–Crippen MR) is 73.7 cm³/mol. The Kier molecular flexibility index (Phi) is 8.20. The number of carbonyl (C=O) groups excluding carboxylic acids is 1. The van der Waals surface area contributed by atoms with E-state index in [-0.39, 0.29) is 29.9 Å². The van der Waals surface area contributed by atoms with E-state index < -0.39 is 0 Å². The third kappa shape index (κ3) is 4.74. The maximum Gasteiger partial charge on any atom is 0.265 e. The zero-order valence-electron chi connectivity index (χ0n) is 11.9. The summed E-state index contributed by atoms with van der Waals surface area (Å²) in [6.45, 7) is 11.1. The van der Waals surface area contributed by atoms with Crippen molar-refractivity contribution in [3.05, 3.63) is 35.4 Å². The Hall–Kier alpha value is -0.660. The molecule has 5 heteroatoms. The molecule has 0 aromatic heterocycles. The fourth-order valence-electron chi connectivity index (χ4n) is 2.24. The number of amides is 1. The zero-order chi connectivity index (χ0) is 13.6. The van der Waals surface area contributed by atoms with Gasteiger partial charge in [-0.1, -0.05) is 12.1 Å². The Labute approximate surface area is 132 Å². The predicted octanol–water partition coefficient (Wildman–Crippen LogP) is -1.33. The quantitative estimate of drug-likeness (QED) is 0.212. The number of nitrogens with one attached hydrogen (secondary N) is 1.